The molecule has 0 atom stereocenters. The van der Waals surface area contributed by atoms with Crippen LogP contribution < -0.4 is 5.11 Å². The molecule has 0 unspecified atom stereocenters. The van der Waals surface area contributed by atoms with Crippen molar-refractivity contribution in [2.24, 2.45) is 0 Å². The predicted molar refractivity (Wildman–Crippen MR) is 42.4 cm³/mol. The quantitative estimate of drug-likeness (QED) is 0.517. The summed E-state index contributed by atoms with van der Waals surface area (Å²) in [5, 5.41) is 20.8. The van der Waals surface area contributed by atoms with Crippen LogP contribution in [0.25, 0.3) is 0 Å². The summed E-state index contributed by atoms with van der Waals surface area (Å²) in [6.07, 6.45) is 0. The number of carbonyl (C=O) groups is 1. The molecule has 1 rings (SSSR count). The number of hydrogen-bond donors (Lipinski definition) is 0. The van der Waals surface area contributed by atoms with Gasteiger partial charge in [-0.05, 0) is 12.1 Å². The Kier molecular flexibility index (Phi) is 2.48. The molecule has 0 spiro atoms. The Balaban J connectivity index is 3.35. The maximum Gasteiger partial charge on any atom is 0.279 e. The van der Waals surface area contributed by atoms with E-state index in [0.29, 0.717) is 0 Å². The molecule has 0 aliphatic heterocycles. The molecule has 0 aliphatic carbocycles. The molecule has 0 aliphatic rings. The minimum absolute atomic E-state index is 0.108. The number of carboxylic acids is 1. The molecule has 68 valence electrons. The molecule has 0 heterocycles. The van der Waals surface area contributed by atoms with E-state index in [1.54, 1.807) is 0 Å². The maximum atomic E-state index is 10.4. The van der Waals surface area contributed by atoms with Gasteiger partial charge in [-0.25, -0.2) is 0 Å². The molecule has 5 nitrogen and oxygen atoms in total. The Labute approximate surface area is 77.7 Å². The minimum atomic E-state index is -1.59. The largest absolute Gasteiger partial charge is 0.545 e. The van der Waals surface area contributed by atoms with Gasteiger partial charge in [0.25, 0.3) is 5.69 Å². The second-order valence-corrected chi connectivity index (χ2v) is 2.64. The van der Waals surface area contributed by atoms with Crippen molar-refractivity contribution in [3.63, 3.8) is 0 Å². The lowest BCUT2D eigenvalue weighted by Gasteiger charge is -2.02. The molecule has 6 heteroatoms. The zero-order valence-electron chi connectivity index (χ0n) is 6.19. The summed E-state index contributed by atoms with van der Waals surface area (Å²) in [7, 11) is 0. The van der Waals surface area contributed by atoms with Crippen LogP contribution in [0.15, 0.2) is 18.2 Å². The van der Waals surface area contributed by atoms with Crippen LogP contribution in [0.3, 0.4) is 0 Å². The Morgan fingerprint density at radius 3 is 2.54 bits per heavy atom. The van der Waals surface area contributed by atoms with E-state index < -0.39 is 22.1 Å². The second-order valence-electron chi connectivity index (χ2n) is 2.21. The van der Waals surface area contributed by atoms with Gasteiger partial charge in [-0.1, -0.05) is 11.6 Å². The van der Waals surface area contributed by atoms with Gasteiger partial charge < -0.3 is 9.90 Å². The Morgan fingerprint density at radius 1 is 1.46 bits per heavy atom. The van der Waals surface area contributed by atoms with Gasteiger partial charge in [-0.15, -0.1) is 0 Å². The third-order valence-corrected chi connectivity index (χ3v) is 1.61. The topological polar surface area (TPSA) is 83.3 Å². The summed E-state index contributed by atoms with van der Waals surface area (Å²) in [5.41, 5.74) is -1.04. The zero-order chi connectivity index (χ0) is 10.0. The fourth-order valence-electron chi connectivity index (χ4n) is 0.828. The van der Waals surface area contributed by atoms with Crippen LogP contribution in [0.4, 0.5) is 5.69 Å². The summed E-state index contributed by atoms with van der Waals surface area (Å²) in [4.78, 5) is 19.9. The van der Waals surface area contributed by atoms with E-state index in [1.165, 1.54) is 6.07 Å². The van der Waals surface area contributed by atoms with Crippen LogP contribution in [0.1, 0.15) is 10.4 Å². The van der Waals surface area contributed by atoms with Gasteiger partial charge in [0.1, 0.15) is 0 Å². The molecule has 13 heavy (non-hydrogen) atoms. The highest BCUT2D eigenvalue weighted by atomic mass is 35.5. The van der Waals surface area contributed by atoms with Crippen LogP contribution in [0.5, 0.6) is 0 Å². The van der Waals surface area contributed by atoms with E-state index in [4.69, 9.17) is 11.6 Å². The van der Waals surface area contributed by atoms with E-state index in [-0.39, 0.29) is 5.02 Å². The first kappa shape index (κ1) is 9.47. The summed E-state index contributed by atoms with van der Waals surface area (Å²) in [6, 6.07) is 3.25. The number of carbonyl (C=O) groups excluding carboxylic acids is 1. The Hall–Kier alpha value is -1.62. The average molecular weight is 201 g/mol. The van der Waals surface area contributed by atoms with Gasteiger partial charge in [-0.3, -0.25) is 10.1 Å². The molecular weight excluding hydrogens is 198 g/mol. The first-order chi connectivity index (χ1) is 6.02. The molecule has 0 aromatic heterocycles. The first-order valence-corrected chi connectivity index (χ1v) is 3.55. The van der Waals surface area contributed by atoms with E-state index >= 15 is 0 Å². The van der Waals surface area contributed by atoms with Crippen molar-refractivity contribution in [2.45, 2.75) is 0 Å². The number of nitro benzene ring substituents is 1. The highest BCUT2D eigenvalue weighted by Crippen LogP contribution is 2.22. The Bertz CT molecular complexity index is 377. The van der Waals surface area contributed by atoms with Crippen LogP contribution in [0, 0.1) is 10.1 Å². The van der Waals surface area contributed by atoms with E-state index in [2.05, 4.69) is 0 Å². The molecule has 1 aromatic rings. The number of carboxylic acid groups (broad SMARTS) is 1. The number of rotatable bonds is 2. The molecule has 0 saturated heterocycles. The number of benzene rings is 1. The lowest BCUT2D eigenvalue weighted by molar-refractivity contribution is -0.385. The van der Waals surface area contributed by atoms with Crippen LogP contribution >= 0.6 is 11.6 Å². The smallest absolute Gasteiger partial charge is 0.279 e. The summed E-state index contributed by atoms with van der Waals surface area (Å²) >= 11 is 5.45. The van der Waals surface area contributed by atoms with Gasteiger partial charge in [0, 0.05) is 11.1 Å². The average Bonchev–Trinajstić information content (AvgIpc) is 2.03. The molecule has 0 radical (unpaired) electrons. The molecule has 0 fully saturated rings. The zero-order valence-corrected chi connectivity index (χ0v) is 6.95. The first-order valence-electron chi connectivity index (χ1n) is 3.17. The summed E-state index contributed by atoms with van der Waals surface area (Å²) in [6.45, 7) is 0. The van der Waals surface area contributed by atoms with Crippen molar-refractivity contribution in [3.05, 3.63) is 38.9 Å². The van der Waals surface area contributed by atoms with Gasteiger partial charge in [-0.2, -0.15) is 0 Å². The van der Waals surface area contributed by atoms with E-state index in [1.807, 2.05) is 0 Å². The monoisotopic (exact) mass is 200 g/mol. The summed E-state index contributed by atoms with van der Waals surface area (Å²) < 4.78 is 0. The second kappa shape index (κ2) is 3.40. The van der Waals surface area contributed by atoms with Crippen molar-refractivity contribution in [1.29, 1.82) is 0 Å². The normalized spacial score (nSPS) is 9.62. The van der Waals surface area contributed by atoms with Crippen LogP contribution in [-0.2, 0) is 0 Å². The van der Waals surface area contributed by atoms with Crippen molar-refractivity contribution in [3.8, 4) is 0 Å². The van der Waals surface area contributed by atoms with Crippen molar-refractivity contribution in [2.75, 3.05) is 0 Å². The van der Waals surface area contributed by atoms with Crippen molar-refractivity contribution in [1.82, 2.24) is 0 Å². The Morgan fingerprint density at radius 2 is 2.08 bits per heavy atom. The van der Waals surface area contributed by atoms with Crippen LogP contribution in [0.2, 0.25) is 5.02 Å². The van der Waals surface area contributed by atoms with Crippen molar-refractivity contribution >= 4 is 23.3 Å². The molecule has 0 N–H and O–H groups in total. The van der Waals surface area contributed by atoms with Gasteiger partial charge in [0.2, 0.25) is 0 Å². The highest BCUT2D eigenvalue weighted by Gasteiger charge is 2.14. The van der Waals surface area contributed by atoms with Gasteiger partial charge >= 0.3 is 0 Å². The third-order valence-electron chi connectivity index (χ3n) is 1.38. The molecular formula is C7H3ClNO4-. The minimum Gasteiger partial charge on any atom is -0.545 e. The fourth-order valence-corrected chi connectivity index (χ4v) is 0.995. The van der Waals surface area contributed by atoms with Crippen molar-refractivity contribution < 1.29 is 14.8 Å². The molecule has 0 bridgehead atoms. The predicted octanol–water partition coefficient (Wildman–Crippen LogP) is 0.612. The van der Waals surface area contributed by atoms with Gasteiger partial charge in [0.15, 0.2) is 0 Å². The van der Waals surface area contributed by atoms with E-state index in [9.17, 15) is 20.0 Å². The standard InChI is InChI=1S/C7H4ClNO4/c8-4-1-2-5(7(10)11)6(3-4)9(12)13/h1-3H,(H,10,11)/p-1. The molecule has 0 saturated carbocycles. The van der Waals surface area contributed by atoms with Crippen LogP contribution in [-0.4, -0.2) is 10.9 Å². The third kappa shape index (κ3) is 1.94. The van der Waals surface area contributed by atoms with E-state index in [0.717, 1.165) is 12.1 Å². The fraction of sp³-hybridized carbons (Fsp3) is 0. The summed E-state index contributed by atoms with van der Waals surface area (Å²) in [5.74, 6) is -1.59. The number of hydrogen-bond acceptors (Lipinski definition) is 4. The molecule has 1 aromatic carbocycles. The SMILES string of the molecule is O=C([O-])c1ccc(Cl)cc1[N+](=O)[O-]. The number of halogens is 1. The lowest BCUT2D eigenvalue weighted by Crippen LogP contribution is -2.23. The number of aromatic carboxylic acids is 1. The number of nitrogens with zero attached hydrogens (tertiary/aromatic N) is 1. The molecule has 0 amide bonds. The highest BCUT2D eigenvalue weighted by molar-refractivity contribution is 6.31. The number of nitro groups is 1. The maximum absolute atomic E-state index is 10.4. The van der Waals surface area contributed by atoms with Gasteiger partial charge in [0.05, 0.1) is 16.5 Å². The lowest BCUT2D eigenvalue weighted by atomic mass is 10.2.